The van der Waals surface area contributed by atoms with Crippen LogP contribution in [0.3, 0.4) is 0 Å². The van der Waals surface area contributed by atoms with E-state index in [-0.39, 0.29) is 11.3 Å². The Labute approximate surface area is 133 Å². The van der Waals surface area contributed by atoms with Crippen molar-refractivity contribution < 1.29 is 19.5 Å². The third-order valence-electron chi connectivity index (χ3n) is 2.96. The van der Waals surface area contributed by atoms with Crippen molar-refractivity contribution in [1.82, 2.24) is 0 Å². The highest BCUT2D eigenvalue weighted by Crippen LogP contribution is 2.36. The predicted molar refractivity (Wildman–Crippen MR) is 86.2 cm³/mol. The van der Waals surface area contributed by atoms with Crippen molar-refractivity contribution >= 4 is 52.0 Å². The van der Waals surface area contributed by atoms with Crippen LogP contribution < -0.4 is 4.90 Å². The number of nitrogens with zero attached hydrogens (tertiary/aromatic N) is 1. The highest BCUT2D eigenvalue weighted by molar-refractivity contribution is 8.19. The van der Waals surface area contributed by atoms with Crippen LogP contribution in [0.1, 0.15) is 15.2 Å². The number of anilines is 1. The molecule has 5 nitrogen and oxygen atoms in total. The van der Waals surface area contributed by atoms with Crippen molar-refractivity contribution in [3.8, 4) is 0 Å². The van der Waals surface area contributed by atoms with E-state index in [1.165, 1.54) is 35.6 Å². The number of hydrogen-bond acceptors (Lipinski definition) is 5. The van der Waals surface area contributed by atoms with Crippen molar-refractivity contribution in [3.05, 3.63) is 57.1 Å². The van der Waals surface area contributed by atoms with Crippen molar-refractivity contribution in [2.75, 3.05) is 4.90 Å². The second-order valence-corrected chi connectivity index (χ2v) is 6.36. The summed E-state index contributed by atoms with van der Waals surface area (Å²) in [5, 5.41) is 10.4. The normalized spacial score (nSPS) is 16.5. The molecule has 7 heteroatoms. The van der Waals surface area contributed by atoms with Gasteiger partial charge in [0.05, 0.1) is 16.2 Å². The molecule has 0 spiro atoms. The number of benzene rings is 1. The summed E-state index contributed by atoms with van der Waals surface area (Å²) in [6.07, 6.45) is 1.66. The lowest BCUT2D eigenvalue weighted by Gasteiger charge is -2.12. The Bertz CT molecular complexity index is 796. The molecule has 0 aliphatic carbocycles. The topological polar surface area (TPSA) is 74.7 Å². The van der Waals surface area contributed by atoms with E-state index in [4.69, 9.17) is 5.11 Å². The molecule has 1 aliphatic heterocycles. The maximum absolute atomic E-state index is 12.4. The van der Waals surface area contributed by atoms with E-state index in [0.717, 1.165) is 21.5 Å². The maximum atomic E-state index is 12.4. The Morgan fingerprint density at radius 3 is 2.68 bits per heavy atom. The van der Waals surface area contributed by atoms with Gasteiger partial charge in [-0.3, -0.25) is 9.59 Å². The standard InChI is InChI=1S/C15H9NO4S2/c17-13-12(8-11-5-2-6-21-11)22-15(20)16(13)10-4-1-3-9(7-10)14(18)19/h1-8H,(H,18,19)/b12-8-. The summed E-state index contributed by atoms with van der Waals surface area (Å²) < 4.78 is 0. The van der Waals surface area contributed by atoms with Crippen LogP contribution in [-0.2, 0) is 4.79 Å². The lowest BCUT2D eigenvalue weighted by molar-refractivity contribution is -0.113. The number of amides is 2. The first-order valence-corrected chi connectivity index (χ1v) is 7.91. The lowest BCUT2D eigenvalue weighted by atomic mass is 10.2. The van der Waals surface area contributed by atoms with Crippen molar-refractivity contribution in [3.63, 3.8) is 0 Å². The Morgan fingerprint density at radius 2 is 2.00 bits per heavy atom. The van der Waals surface area contributed by atoms with Crippen LogP contribution in [-0.4, -0.2) is 22.2 Å². The van der Waals surface area contributed by atoms with Gasteiger partial charge in [-0.1, -0.05) is 12.1 Å². The average Bonchev–Trinajstić information content (AvgIpc) is 3.08. The van der Waals surface area contributed by atoms with Crippen LogP contribution in [0.4, 0.5) is 10.5 Å². The summed E-state index contributed by atoms with van der Waals surface area (Å²) in [4.78, 5) is 37.7. The molecule has 2 amide bonds. The SMILES string of the molecule is O=C(O)c1cccc(N2C(=O)S/C(=C\c3cccs3)C2=O)c1. The van der Waals surface area contributed by atoms with Gasteiger partial charge in [0.2, 0.25) is 0 Å². The number of carbonyl (C=O) groups is 3. The minimum absolute atomic E-state index is 0.0267. The average molecular weight is 331 g/mol. The van der Waals surface area contributed by atoms with Crippen molar-refractivity contribution in [2.24, 2.45) is 0 Å². The van der Waals surface area contributed by atoms with E-state index in [9.17, 15) is 14.4 Å². The second-order valence-electron chi connectivity index (χ2n) is 4.39. The van der Waals surface area contributed by atoms with Gasteiger partial charge < -0.3 is 5.11 Å². The van der Waals surface area contributed by atoms with E-state index < -0.39 is 17.1 Å². The van der Waals surface area contributed by atoms with E-state index in [0.29, 0.717) is 4.91 Å². The summed E-state index contributed by atoms with van der Waals surface area (Å²) in [5.41, 5.74) is 0.288. The van der Waals surface area contributed by atoms with Gasteiger partial charge in [-0.2, -0.15) is 0 Å². The molecule has 0 atom stereocenters. The smallest absolute Gasteiger partial charge is 0.335 e. The molecule has 1 fully saturated rings. The first-order valence-electron chi connectivity index (χ1n) is 6.21. The first-order chi connectivity index (χ1) is 10.6. The number of carbonyl (C=O) groups excluding carboxylic acids is 2. The molecule has 1 aromatic heterocycles. The molecule has 0 unspecified atom stereocenters. The van der Waals surface area contributed by atoms with Gasteiger partial charge in [-0.15, -0.1) is 11.3 Å². The van der Waals surface area contributed by atoms with Gasteiger partial charge in [0.25, 0.3) is 11.1 Å². The van der Waals surface area contributed by atoms with E-state index in [1.54, 1.807) is 6.08 Å². The van der Waals surface area contributed by atoms with E-state index in [2.05, 4.69) is 0 Å². The molecule has 3 rings (SSSR count). The summed E-state index contributed by atoms with van der Waals surface area (Å²) in [7, 11) is 0. The van der Waals surface area contributed by atoms with E-state index in [1.807, 2.05) is 17.5 Å². The van der Waals surface area contributed by atoms with Crippen molar-refractivity contribution in [2.45, 2.75) is 0 Å². The zero-order valence-corrected chi connectivity index (χ0v) is 12.7. The number of aromatic carboxylic acids is 1. The fourth-order valence-electron chi connectivity index (χ4n) is 1.97. The molecule has 0 bridgehead atoms. The van der Waals surface area contributed by atoms with Gasteiger partial charge >= 0.3 is 5.97 Å². The molecule has 0 saturated carbocycles. The predicted octanol–water partition coefficient (Wildman–Crippen LogP) is 3.69. The Kier molecular flexibility index (Phi) is 3.82. The molecule has 1 aliphatic rings. The third-order valence-corrected chi connectivity index (χ3v) is 4.65. The van der Waals surface area contributed by atoms with Crippen molar-refractivity contribution in [1.29, 1.82) is 0 Å². The molecule has 110 valence electrons. The van der Waals surface area contributed by atoms with Crippen LogP contribution >= 0.6 is 23.1 Å². The summed E-state index contributed by atoms with van der Waals surface area (Å²) in [6, 6.07) is 9.47. The van der Waals surface area contributed by atoms with Crippen LogP contribution in [0.2, 0.25) is 0 Å². The highest BCUT2D eigenvalue weighted by atomic mass is 32.2. The Hall–Kier alpha value is -2.38. The van der Waals surface area contributed by atoms with Gasteiger partial charge in [-0.05, 0) is 47.5 Å². The number of carboxylic acids is 1. The third kappa shape index (κ3) is 2.68. The second kappa shape index (κ2) is 5.78. The van der Waals surface area contributed by atoms with Gasteiger partial charge in [0.15, 0.2) is 0 Å². The number of carboxylic acid groups (broad SMARTS) is 1. The maximum Gasteiger partial charge on any atom is 0.335 e. The van der Waals surface area contributed by atoms with Crippen LogP contribution in [0.5, 0.6) is 0 Å². The monoisotopic (exact) mass is 331 g/mol. The quantitative estimate of drug-likeness (QED) is 0.868. The zero-order chi connectivity index (χ0) is 15.7. The molecular formula is C15H9NO4S2. The number of rotatable bonds is 3. The molecule has 2 heterocycles. The molecule has 2 aromatic rings. The number of imide groups is 1. The van der Waals surface area contributed by atoms with Crippen LogP contribution in [0.15, 0.2) is 46.7 Å². The minimum Gasteiger partial charge on any atom is -0.478 e. The fourth-order valence-corrected chi connectivity index (χ4v) is 3.54. The van der Waals surface area contributed by atoms with Crippen LogP contribution in [0, 0.1) is 0 Å². The summed E-state index contributed by atoms with van der Waals surface area (Å²) in [5.74, 6) is -1.55. The fraction of sp³-hybridized carbons (Fsp3) is 0. The largest absolute Gasteiger partial charge is 0.478 e. The highest BCUT2D eigenvalue weighted by Gasteiger charge is 2.36. The number of thioether (sulfide) groups is 1. The number of hydrogen-bond donors (Lipinski definition) is 1. The lowest BCUT2D eigenvalue weighted by Crippen LogP contribution is -2.27. The molecule has 1 saturated heterocycles. The molecule has 1 N–H and O–H groups in total. The molecule has 1 aromatic carbocycles. The summed E-state index contributed by atoms with van der Waals surface area (Å²) in [6.45, 7) is 0. The zero-order valence-electron chi connectivity index (χ0n) is 11.1. The number of thiophene rings is 1. The van der Waals surface area contributed by atoms with Gasteiger partial charge in [0.1, 0.15) is 0 Å². The summed E-state index contributed by atoms with van der Waals surface area (Å²) >= 11 is 2.31. The molecule has 0 radical (unpaired) electrons. The molecular weight excluding hydrogens is 322 g/mol. The Balaban J connectivity index is 1.95. The minimum atomic E-state index is -1.11. The van der Waals surface area contributed by atoms with Crippen LogP contribution in [0.25, 0.3) is 6.08 Å². The van der Waals surface area contributed by atoms with E-state index >= 15 is 0 Å². The van der Waals surface area contributed by atoms with Gasteiger partial charge in [-0.25, -0.2) is 9.69 Å². The van der Waals surface area contributed by atoms with Gasteiger partial charge in [0, 0.05) is 4.88 Å². The Morgan fingerprint density at radius 1 is 1.18 bits per heavy atom. The molecule has 22 heavy (non-hydrogen) atoms. The first kappa shape index (κ1) is 14.6.